The Balaban J connectivity index is 1.12. The van der Waals surface area contributed by atoms with Gasteiger partial charge in [-0.25, -0.2) is 0 Å². The minimum Gasteiger partial charge on any atom is -0.343 e. The molecule has 5 heterocycles. The average Bonchev–Trinajstić information content (AvgIpc) is 2.86. The number of nitrogens with zero attached hydrogens (tertiary/aromatic N) is 4. The Morgan fingerprint density at radius 2 is 1.48 bits per heavy atom. The number of rotatable bonds is 5. The van der Waals surface area contributed by atoms with Crippen LogP contribution >= 0.6 is 0 Å². The summed E-state index contributed by atoms with van der Waals surface area (Å²) < 4.78 is 0. The van der Waals surface area contributed by atoms with Crippen LogP contribution in [0.5, 0.6) is 0 Å². The van der Waals surface area contributed by atoms with Crippen molar-refractivity contribution in [3.05, 3.63) is 0 Å². The van der Waals surface area contributed by atoms with Crippen LogP contribution < -0.4 is 0 Å². The van der Waals surface area contributed by atoms with Crippen molar-refractivity contribution in [1.29, 1.82) is 0 Å². The molecule has 0 bridgehead atoms. The van der Waals surface area contributed by atoms with Gasteiger partial charge in [-0.05, 0) is 102 Å². The number of carbonyl (C=O) groups excluding carboxylic acids is 2. The van der Waals surface area contributed by atoms with Crippen molar-refractivity contribution in [2.45, 2.75) is 102 Å². The summed E-state index contributed by atoms with van der Waals surface area (Å²) in [5.74, 6) is 1.86. The first-order valence-corrected chi connectivity index (χ1v) is 14.1. The van der Waals surface area contributed by atoms with Crippen LogP contribution in [0.2, 0.25) is 0 Å². The summed E-state index contributed by atoms with van der Waals surface area (Å²) >= 11 is 0. The summed E-state index contributed by atoms with van der Waals surface area (Å²) in [5.41, 5.74) is 0. The molecule has 0 aromatic rings. The maximum Gasteiger partial charge on any atom is 0.222 e. The second-order valence-corrected chi connectivity index (χ2v) is 11.6. The van der Waals surface area contributed by atoms with Gasteiger partial charge in [-0.2, -0.15) is 0 Å². The second kappa shape index (κ2) is 10.6. The molecule has 0 N–H and O–H groups in total. The zero-order valence-electron chi connectivity index (χ0n) is 20.9. The van der Waals surface area contributed by atoms with E-state index >= 15 is 0 Å². The highest BCUT2D eigenvalue weighted by atomic mass is 16.2. The van der Waals surface area contributed by atoms with Crippen LogP contribution in [0.15, 0.2) is 0 Å². The highest BCUT2D eigenvalue weighted by Gasteiger charge is 2.48. The van der Waals surface area contributed by atoms with Gasteiger partial charge in [-0.3, -0.25) is 14.5 Å². The summed E-state index contributed by atoms with van der Waals surface area (Å²) in [7, 11) is 0. The predicted molar refractivity (Wildman–Crippen MR) is 131 cm³/mol. The van der Waals surface area contributed by atoms with Gasteiger partial charge in [0.1, 0.15) is 0 Å². The SMILES string of the molecule is CC(=O)N1C[C@@H]2CCCN3CCC[C@@H]([C@H]23)[C@H]1CCCC(=O)N1CCC(N2CCCCC2)CC1. The Morgan fingerprint density at radius 3 is 2.21 bits per heavy atom. The van der Waals surface area contributed by atoms with E-state index in [-0.39, 0.29) is 5.91 Å². The van der Waals surface area contributed by atoms with Crippen LogP contribution in [-0.2, 0) is 9.59 Å². The smallest absolute Gasteiger partial charge is 0.222 e. The van der Waals surface area contributed by atoms with Gasteiger partial charge < -0.3 is 14.7 Å². The Kier molecular flexibility index (Phi) is 7.61. The molecule has 186 valence electrons. The third kappa shape index (κ3) is 5.12. The maximum absolute atomic E-state index is 13.0. The molecule has 5 aliphatic heterocycles. The van der Waals surface area contributed by atoms with Crippen LogP contribution in [0, 0.1) is 11.8 Å². The minimum atomic E-state index is 0.243. The zero-order chi connectivity index (χ0) is 22.8. The molecule has 0 saturated carbocycles. The number of piperidine rings is 5. The van der Waals surface area contributed by atoms with E-state index in [9.17, 15) is 9.59 Å². The van der Waals surface area contributed by atoms with Crippen molar-refractivity contribution in [2.24, 2.45) is 11.8 Å². The Labute approximate surface area is 201 Å². The van der Waals surface area contributed by atoms with E-state index in [1.165, 1.54) is 71.1 Å². The zero-order valence-corrected chi connectivity index (χ0v) is 20.9. The van der Waals surface area contributed by atoms with E-state index in [0.29, 0.717) is 42.3 Å². The normalized spacial score (nSPS) is 34.2. The molecule has 5 saturated heterocycles. The summed E-state index contributed by atoms with van der Waals surface area (Å²) in [6, 6.07) is 1.71. The number of amides is 2. The molecule has 5 rings (SSSR count). The fraction of sp³-hybridized carbons (Fsp3) is 0.926. The number of carbonyl (C=O) groups is 2. The van der Waals surface area contributed by atoms with Crippen molar-refractivity contribution < 1.29 is 9.59 Å². The summed E-state index contributed by atoms with van der Waals surface area (Å²) in [4.78, 5) is 35.3. The quantitative estimate of drug-likeness (QED) is 0.634. The Morgan fingerprint density at radius 1 is 0.788 bits per heavy atom. The standard InChI is InChI=1S/C27H46N4O2/c1-21(32)31-20-22-8-6-16-30-17-7-9-24(27(22)30)25(31)10-5-11-26(33)29-18-12-23(13-19-29)28-14-3-2-4-15-28/h22-25,27H,2-20H2,1H3/t22-,24+,25+,27-/m0/s1. The number of likely N-dealkylation sites (tertiary alicyclic amines) is 3. The molecule has 6 heteroatoms. The Hall–Kier alpha value is -1.14. The first-order valence-electron chi connectivity index (χ1n) is 14.1. The number of hydrogen-bond donors (Lipinski definition) is 0. The van der Waals surface area contributed by atoms with Crippen molar-refractivity contribution in [3.63, 3.8) is 0 Å². The third-order valence-electron chi connectivity index (χ3n) is 9.69. The molecule has 5 fully saturated rings. The summed E-state index contributed by atoms with van der Waals surface area (Å²) in [6.07, 6.45) is 14.0. The highest BCUT2D eigenvalue weighted by molar-refractivity contribution is 5.76. The molecule has 2 amide bonds. The molecular weight excluding hydrogens is 412 g/mol. The predicted octanol–water partition coefficient (Wildman–Crippen LogP) is 3.35. The van der Waals surface area contributed by atoms with E-state index in [2.05, 4.69) is 19.6 Å². The van der Waals surface area contributed by atoms with Gasteiger partial charge in [-0.1, -0.05) is 6.42 Å². The lowest BCUT2D eigenvalue weighted by molar-refractivity contribution is -0.144. The molecule has 0 unspecified atom stereocenters. The second-order valence-electron chi connectivity index (χ2n) is 11.6. The van der Waals surface area contributed by atoms with Gasteiger partial charge in [0, 0.05) is 51.1 Å². The maximum atomic E-state index is 13.0. The van der Waals surface area contributed by atoms with Crippen LogP contribution in [0.3, 0.4) is 0 Å². The van der Waals surface area contributed by atoms with Gasteiger partial charge in [0.05, 0.1) is 0 Å². The fourth-order valence-electron chi connectivity index (χ4n) is 8.11. The molecule has 0 aromatic carbocycles. The van der Waals surface area contributed by atoms with Crippen molar-refractivity contribution in [2.75, 3.05) is 45.8 Å². The van der Waals surface area contributed by atoms with Gasteiger partial charge in [0.25, 0.3) is 0 Å². The first-order chi connectivity index (χ1) is 16.1. The van der Waals surface area contributed by atoms with Gasteiger partial charge >= 0.3 is 0 Å². The largest absolute Gasteiger partial charge is 0.343 e. The molecule has 0 aliphatic carbocycles. The summed E-state index contributed by atoms with van der Waals surface area (Å²) in [6.45, 7) is 9.57. The minimum absolute atomic E-state index is 0.243. The molecule has 0 spiro atoms. The first kappa shape index (κ1) is 23.6. The van der Waals surface area contributed by atoms with E-state index in [1.807, 2.05) is 0 Å². The van der Waals surface area contributed by atoms with Gasteiger partial charge in [-0.15, -0.1) is 0 Å². The molecule has 4 atom stereocenters. The van der Waals surface area contributed by atoms with Crippen molar-refractivity contribution in [1.82, 2.24) is 19.6 Å². The fourth-order valence-corrected chi connectivity index (χ4v) is 8.11. The lowest BCUT2D eigenvalue weighted by atomic mass is 9.69. The van der Waals surface area contributed by atoms with Gasteiger partial charge in [0.2, 0.25) is 11.8 Å². The summed E-state index contributed by atoms with van der Waals surface area (Å²) in [5, 5.41) is 0. The van der Waals surface area contributed by atoms with Crippen LogP contribution in [0.1, 0.15) is 84.0 Å². The molecule has 5 aliphatic rings. The van der Waals surface area contributed by atoms with Crippen molar-refractivity contribution in [3.8, 4) is 0 Å². The van der Waals surface area contributed by atoms with Crippen molar-refractivity contribution >= 4 is 11.8 Å². The highest BCUT2D eigenvalue weighted by Crippen LogP contribution is 2.43. The average molecular weight is 459 g/mol. The van der Waals surface area contributed by atoms with Gasteiger partial charge in [0.15, 0.2) is 0 Å². The van der Waals surface area contributed by atoms with E-state index in [4.69, 9.17) is 0 Å². The lowest BCUT2D eigenvalue weighted by Gasteiger charge is -2.57. The topological polar surface area (TPSA) is 47.1 Å². The van der Waals surface area contributed by atoms with Crippen LogP contribution in [-0.4, -0.2) is 95.4 Å². The van der Waals surface area contributed by atoms with E-state index < -0.39 is 0 Å². The molecule has 0 radical (unpaired) electrons. The molecule has 6 nitrogen and oxygen atoms in total. The molecule has 0 aromatic heterocycles. The third-order valence-corrected chi connectivity index (χ3v) is 9.69. The van der Waals surface area contributed by atoms with Crippen LogP contribution in [0.25, 0.3) is 0 Å². The molecule has 33 heavy (non-hydrogen) atoms. The van der Waals surface area contributed by atoms with Crippen LogP contribution in [0.4, 0.5) is 0 Å². The monoisotopic (exact) mass is 458 g/mol. The van der Waals surface area contributed by atoms with E-state index in [0.717, 1.165) is 45.3 Å². The van der Waals surface area contributed by atoms with E-state index in [1.54, 1.807) is 6.92 Å². The number of hydrogen-bond acceptors (Lipinski definition) is 4. The molecular formula is C27H46N4O2. The lowest BCUT2D eigenvalue weighted by Crippen LogP contribution is -2.65. The Bertz CT molecular complexity index is 684.